The van der Waals surface area contributed by atoms with E-state index < -0.39 is 0 Å². The van der Waals surface area contributed by atoms with E-state index in [2.05, 4.69) is 165 Å². The van der Waals surface area contributed by atoms with Crippen molar-refractivity contribution in [3.05, 3.63) is 348 Å². The highest BCUT2D eigenvalue weighted by atomic mass is 16.5. The van der Waals surface area contributed by atoms with Gasteiger partial charge in [0.1, 0.15) is 69.0 Å². The van der Waals surface area contributed by atoms with Gasteiger partial charge in [-0.05, 0) is 412 Å². The first-order chi connectivity index (χ1) is 63.0. The second kappa shape index (κ2) is 41.3. The molecule has 0 spiro atoms. The summed E-state index contributed by atoms with van der Waals surface area (Å²) in [7, 11) is 0. The Morgan fingerprint density at radius 1 is 0.220 bits per heavy atom. The van der Waals surface area contributed by atoms with Crippen LogP contribution in [0.1, 0.15) is 134 Å². The molecule has 0 unspecified atom stereocenters. The third kappa shape index (κ3) is 21.3. The van der Waals surface area contributed by atoms with E-state index in [4.69, 9.17) is 95.8 Å². The molecule has 12 aromatic rings. The van der Waals surface area contributed by atoms with Gasteiger partial charge in [-0.15, -0.1) is 0 Å². The van der Waals surface area contributed by atoms with Crippen LogP contribution in [0.2, 0.25) is 40.9 Å². The minimum Gasteiger partial charge on any atom is -0.457 e. The molecule has 0 saturated carbocycles. The predicted octanol–water partition coefficient (Wildman–Crippen LogP) is 25.9. The fraction of sp³-hybridized carbons (Fsp3) is 0.278. The largest absolute Gasteiger partial charge is 0.457 e. The quantitative estimate of drug-likeness (QED) is 0.0850. The number of nitrogens with zero attached hydrogens (tertiary/aromatic N) is 6. The summed E-state index contributed by atoms with van der Waals surface area (Å²) in [5, 5.41) is 0. The Balaban J connectivity index is 0.000000135. The van der Waals surface area contributed by atoms with Gasteiger partial charge < -0.3 is 56.3 Å². The third-order valence-corrected chi connectivity index (χ3v) is 25.3. The molecule has 660 valence electrons. The van der Waals surface area contributed by atoms with Gasteiger partial charge in [-0.3, -0.25) is 0 Å². The standard InChI is InChI=1S/6C18H18BNO2/c1-11-8-17(12(2)7-16(11)20-5)22-15-6-13(3)18-14(9-15)10-21-19(18)4;1-11-8-17(13(3)7-16(11)20-5)22-18-9-14-10-21-19(4)15(14)6-12(18)2;1-11-8-16-14(10-21-19(16)4)9-17(11)22-15-6-12(2)18(20-5)13(3)7-15;1-11-6-16(9-14-10-21-19(4)17(11)14)22-15-7-12(2)18(20-5)13(3)8-15;1-11-9-18(12(2)8-16(11)20-5)22-17-7-6-15-14(13(17)3)10-21-19(15)4;1-11-8-14(9-12(2)18(11)20-5)22-17-7-6-16-15(13(17)3)10-21-19(16)4/h6*6-9H,10H2,1-4H3. The van der Waals surface area contributed by atoms with Crippen molar-refractivity contribution in [2.45, 2.75) is 205 Å². The molecular formula is C108H108B6N6O12. The molecule has 0 amide bonds. The van der Waals surface area contributed by atoms with Gasteiger partial charge in [0.15, 0.2) is 34.1 Å². The van der Waals surface area contributed by atoms with E-state index in [1.54, 1.807) is 0 Å². The minimum atomic E-state index is 0.157. The summed E-state index contributed by atoms with van der Waals surface area (Å²) in [5.41, 5.74) is 37.2. The van der Waals surface area contributed by atoms with Crippen LogP contribution in [0.4, 0.5) is 34.1 Å². The van der Waals surface area contributed by atoms with E-state index in [0.717, 1.165) is 158 Å². The lowest BCUT2D eigenvalue weighted by molar-refractivity contribution is 0.332. The van der Waals surface area contributed by atoms with Gasteiger partial charge in [-0.2, -0.15) is 0 Å². The van der Waals surface area contributed by atoms with E-state index in [-0.39, 0.29) is 41.5 Å². The van der Waals surface area contributed by atoms with E-state index in [1.807, 2.05) is 175 Å². The summed E-state index contributed by atoms with van der Waals surface area (Å²) in [5.74, 6) is 9.80. The Labute approximate surface area is 781 Å². The zero-order valence-electron chi connectivity index (χ0n) is 80.1. The maximum atomic E-state index is 7.22. The molecule has 12 aromatic carbocycles. The van der Waals surface area contributed by atoms with Crippen molar-refractivity contribution in [3.8, 4) is 69.0 Å². The lowest BCUT2D eigenvalue weighted by atomic mass is 9.62. The van der Waals surface area contributed by atoms with Gasteiger partial charge in [0.2, 0.25) is 0 Å². The maximum Gasteiger partial charge on any atom is 0.324 e. The van der Waals surface area contributed by atoms with Gasteiger partial charge in [0, 0.05) is 0 Å². The first-order valence-corrected chi connectivity index (χ1v) is 44.5. The van der Waals surface area contributed by atoms with Crippen LogP contribution < -0.4 is 61.2 Å². The predicted molar refractivity (Wildman–Crippen MR) is 537 cm³/mol. The van der Waals surface area contributed by atoms with Crippen molar-refractivity contribution in [2.75, 3.05) is 0 Å². The molecule has 0 radical (unpaired) electrons. The van der Waals surface area contributed by atoms with Gasteiger partial charge in [0.05, 0.1) is 79.1 Å². The second-order valence-electron chi connectivity index (χ2n) is 35.2. The molecule has 132 heavy (non-hydrogen) atoms. The molecule has 0 aromatic heterocycles. The summed E-state index contributed by atoms with van der Waals surface area (Å²) in [6.07, 6.45) is 0. The minimum absolute atomic E-state index is 0.157. The molecule has 18 nitrogen and oxygen atoms in total. The Bertz CT molecular complexity index is 6640. The number of hydrogen-bond acceptors (Lipinski definition) is 12. The van der Waals surface area contributed by atoms with Crippen molar-refractivity contribution in [1.29, 1.82) is 0 Å². The Kier molecular flexibility index (Phi) is 30.1. The molecule has 0 bridgehead atoms. The highest BCUT2D eigenvalue weighted by Gasteiger charge is 2.33. The number of aryl methyl sites for hydroxylation is 16. The molecule has 6 heterocycles. The Hall–Kier alpha value is -13.5. The number of benzene rings is 12. The SMILES string of the molecule is [C-]#[N+]c1c(C)cc(Oc2cc(C)c3c(c2)COB3C)cc1C.[C-]#[N+]c1c(C)cc(Oc2cc3c(cc2C)B(C)OC3)cc1C.[C-]#[N+]c1c(C)cc(Oc2ccc3c(c2C)COB3C)cc1C.[C-]#[N+]c1cc(C)c(Oc2cc(C)c3c(c2)COB3C)cc1C.[C-]#[N+]c1cc(C)c(Oc2cc3c(cc2C)B(C)OC3)cc1C.[C-]#[N+]c1cc(C)c(Oc2ccc3c(c2C)COB3C)cc1C. The summed E-state index contributed by atoms with van der Waals surface area (Å²) in [6.45, 7) is 96.2. The summed E-state index contributed by atoms with van der Waals surface area (Å²) < 4.78 is 70.6. The van der Waals surface area contributed by atoms with Gasteiger partial charge in [-0.25, -0.2) is 29.1 Å². The molecule has 0 saturated heterocycles. The second-order valence-corrected chi connectivity index (χ2v) is 35.2. The molecule has 18 rings (SSSR count). The number of ether oxygens (including phenoxy) is 6. The summed E-state index contributed by atoms with van der Waals surface area (Å²) in [4.78, 5) is 21.3. The zero-order valence-corrected chi connectivity index (χ0v) is 80.1. The van der Waals surface area contributed by atoms with Gasteiger partial charge in [0.25, 0.3) is 0 Å². The van der Waals surface area contributed by atoms with E-state index in [1.165, 1.54) is 77.3 Å². The van der Waals surface area contributed by atoms with Crippen molar-refractivity contribution in [3.63, 3.8) is 0 Å². The molecular weight excluding hydrogens is 1640 g/mol. The number of hydrogen-bond donors (Lipinski definition) is 0. The molecule has 0 aliphatic carbocycles. The zero-order chi connectivity index (χ0) is 95.1. The maximum absolute atomic E-state index is 7.22. The first-order valence-electron chi connectivity index (χ1n) is 44.5. The molecule has 0 fully saturated rings. The van der Waals surface area contributed by atoms with Crippen LogP contribution in [0.25, 0.3) is 29.1 Å². The normalized spacial score (nSPS) is 13.0. The molecule has 24 heteroatoms. The van der Waals surface area contributed by atoms with Crippen LogP contribution in [0, 0.1) is 164 Å². The van der Waals surface area contributed by atoms with Crippen LogP contribution >= 0.6 is 0 Å². The molecule has 0 N–H and O–H groups in total. The van der Waals surface area contributed by atoms with E-state index in [9.17, 15) is 0 Å². The fourth-order valence-electron chi connectivity index (χ4n) is 17.8. The van der Waals surface area contributed by atoms with Crippen molar-refractivity contribution in [1.82, 2.24) is 0 Å². The summed E-state index contributed by atoms with van der Waals surface area (Å²) >= 11 is 0. The van der Waals surface area contributed by atoms with Gasteiger partial charge >= 0.3 is 41.5 Å². The van der Waals surface area contributed by atoms with E-state index in [0.29, 0.717) is 73.8 Å². The average molecular weight is 1750 g/mol. The number of fused-ring (bicyclic) bond motifs is 6. The summed E-state index contributed by atoms with van der Waals surface area (Å²) in [6, 6.07) is 47.8. The van der Waals surface area contributed by atoms with Gasteiger partial charge in [-0.1, -0.05) is 65.2 Å². The lowest BCUT2D eigenvalue weighted by Crippen LogP contribution is -2.26. The highest BCUT2D eigenvalue weighted by Crippen LogP contribution is 2.42. The Morgan fingerprint density at radius 3 is 0.833 bits per heavy atom. The van der Waals surface area contributed by atoms with Crippen LogP contribution in [-0.2, 0) is 67.6 Å². The number of rotatable bonds is 12. The smallest absolute Gasteiger partial charge is 0.324 e. The van der Waals surface area contributed by atoms with Crippen molar-refractivity contribution >= 4 is 108 Å². The van der Waals surface area contributed by atoms with E-state index >= 15 is 0 Å². The molecule has 0 atom stereocenters. The van der Waals surface area contributed by atoms with Crippen LogP contribution in [0.3, 0.4) is 0 Å². The lowest BCUT2D eigenvalue weighted by Gasteiger charge is -2.15. The van der Waals surface area contributed by atoms with Crippen LogP contribution in [0.15, 0.2) is 146 Å². The van der Waals surface area contributed by atoms with Crippen LogP contribution in [-0.4, -0.2) is 41.5 Å². The highest BCUT2D eigenvalue weighted by molar-refractivity contribution is 6.70. The average Bonchev–Trinajstić information content (AvgIpc) is 1.64. The topological polar surface area (TPSA) is 137 Å². The van der Waals surface area contributed by atoms with Crippen LogP contribution in [0.5, 0.6) is 69.0 Å². The fourth-order valence-corrected chi connectivity index (χ4v) is 17.8. The Morgan fingerprint density at radius 2 is 0.477 bits per heavy atom. The van der Waals surface area contributed by atoms with Crippen molar-refractivity contribution in [2.24, 2.45) is 0 Å². The first kappa shape index (κ1) is 96.1. The third-order valence-electron chi connectivity index (χ3n) is 25.3. The molecule has 6 aliphatic heterocycles. The van der Waals surface area contributed by atoms with Crippen molar-refractivity contribution < 1.29 is 56.3 Å². The monoisotopic (exact) mass is 1750 g/mol. The molecule has 6 aliphatic rings.